The van der Waals surface area contributed by atoms with Crippen LogP contribution in [0.15, 0.2) is 62.6 Å². The van der Waals surface area contributed by atoms with Gasteiger partial charge < -0.3 is 0 Å². The van der Waals surface area contributed by atoms with Crippen LogP contribution >= 0.6 is 0 Å². The molecular formula is C21H15N7O12+. The molecule has 3 rings (SSSR count). The number of hydrogen-bond donors (Lipinski definition) is 6. The Kier molecular flexibility index (Phi) is 7.51. The average Bonchev–Trinajstić information content (AvgIpc) is 3.13. The fourth-order valence-corrected chi connectivity index (χ4v) is 3.01. The number of nitrogens with one attached hydrogen (secondary N) is 1. The number of nitrogens with zero attached hydrogens (tertiary/aromatic N) is 3. The summed E-state index contributed by atoms with van der Waals surface area (Å²) in [5, 5.41) is 38.4. The second-order valence-electron chi connectivity index (χ2n) is 7.33. The summed E-state index contributed by atoms with van der Waals surface area (Å²) in [5.74, 6) is -9.51. The number of guanidine groups is 2. The third-order valence-corrected chi connectivity index (χ3v) is 4.80. The number of aromatic hydroxyl groups is 1. The van der Waals surface area contributed by atoms with E-state index in [1.807, 2.05) is 0 Å². The summed E-state index contributed by atoms with van der Waals surface area (Å²) in [6.45, 7) is 5.24. The molecule has 0 saturated heterocycles. The maximum absolute atomic E-state index is 13.2. The zero-order chi connectivity index (χ0) is 30.1. The molecule has 1 atom stereocenters. The predicted molar refractivity (Wildman–Crippen MR) is 129 cm³/mol. The molecule has 1 aromatic heterocycles. The molecular weight excluding hydrogens is 542 g/mol. The van der Waals surface area contributed by atoms with Crippen LogP contribution in [-0.4, -0.2) is 34.5 Å². The molecule has 9 N–H and O–H groups in total. The Balaban J connectivity index is 2.38. The van der Waals surface area contributed by atoms with Crippen molar-refractivity contribution in [1.29, 1.82) is 5.41 Å². The van der Waals surface area contributed by atoms with Crippen LogP contribution in [0.3, 0.4) is 0 Å². The van der Waals surface area contributed by atoms with E-state index in [0.717, 1.165) is 6.15 Å². The second kappa shape index (κ2) is 10.5. The number of ether oxygens (including phenoxy) is 3. The van der Waals surface area contributed by atoms with E-state index in [-0.39, 0.29) is 0 Å². The molecule has 0 bridgehead atoms. The minimum atomic E-state index is -3.30. The van der Waals surface area contributed by atoms with Crippen LogP contribution in [0.1, 0.15) is 5.76 Å². The minimum absolute atomic E-state index is 0.770. The Morgan fingerprint density at radius 3 is 2.27 bits per heavy atom. The number of hydrogen-bond acceptors (Lipinski definition) is 13. The van der Waals surface area contributed by atoms with Crippen LogP contribution in [-0.2, 0) is 21.1 Å². The molecule has 0 saturated carbocycles. The summed E-state index contributed by atoms with van der Waals surface area (Å²) in [6, 6.07) is 0. The van der Waals surface area contributed by atoms with Gasteiger partial charge in [0.1, 0.15) is 0 Å². The van der Waals surface area contributed by atoms with Crippen molar-refractivity contribution in [3.63, 3.8) is 0 Å². The fourth-order valence-electron chi connectivity index (χ4n) is 3.01. The van der Waals surface area contributed by atoms with E-state index in [9.17, 15) is 39.1 Å². The summed E-state index contributed by atoms with van der Waals surface area (Å²) < 4.78 is 32.0. The van der Waals surface area contributed by atoms with Crippen molar-refractivity contribution < 1.29 is 38.6 Å². The van der Waals surface area contributed by atoms with E-state index in [1.165, 1.54) is 0 Å². The molecule has 0 spiro atoms. The first-order valence-electron chi connectivity index (χ1n) is 10.2. The Morgan fingerprint density at radius 2 is 1.75 bits per heavy atom. The summed E-state index contributed by atoms with van der Waals surface area (Å²) in [5.41, 5.74) is 4.36. The van der Waals surface area contributed by atoms with Crippen molar-refractivity contribution in [3.8, 4) is 23.6 Å². The summed E-state index contributed by atoms with van der Waals surface area (Å²) >= 11 is 0. The Hall–Kier alpha value is -5.88. The molecule has 1 radical (unpaired) electrons. The van der Waals surface area contributed by atoms with Crippen molar-refractivity contribution in [2.75, 3.05) is 0 Å². The number of rotatable bonds is 7. The van der Waals surface area contributed by atoms with Gasteiger partial charge in [0.05, 0.1) is 0 Å². The zero-order valence-electron chi connectivity index (χ0n) is 19.7. The van der Waals surface area contributed by atoms with Gasteiger partial charge in [0.15, 0.2) is 0 Å². The third-order valence-electron chi connectivity index (χ3n) is 4.80. The van der Waals surface area contributed by atoms with Crippen LogP contribution in [0.2, 0.25) is 0 Å². The van der Waals surface area contributed by atoms with Crippen molar-refractivity contribution >= 4 is 30.0 Å². The number of aliphatic hydroxyl groups is 1. The molecule has 205 valence electrons. The molecule has 19 heteroatoms. The average molecular weight is 557 g/mol. The fraction of sp³-hybridized carbons (Fsp3) is 0.0952. The van der Waals surface area contributed by atoms with Crippen LogP contribution in [0.4, 0.5) is 11.4 Å². The van der Waals surface area contributed by atoms with Crippen LogP contribution < -0.4 is 53.7 Å². The summed E-state index contributed by atoms with van der Waals surface area (Å²) in [7, 11) is 0. The van der Waals surface area contributed by atoms with Crippen molar-refractivity contribution in [3.05, 3.63) is 76.1 Å². The van der Waals surface area contributed by atoms with Gasteiger partial charge in [-0.1, -0.05) is 0 Å². The number of aliphatic imine (C=N–C) groups is 2. The van der Waals surface area contributed by atoms with Crippen LogP contribution in [0.25, 0.3) is 0 Å². The van der Waals surface area contributed by atoms with Crippen molar-refractivity contribution in [1.82, 2.24) is 0 Å². The third kappa shape index (κ3) is 4.73. The van der Waals surface area contributed by atoms with Gasteiger partial charge in [0, 0.05) is 0 Å². The number of aliphatic hydroxyl groups excluding tert-OH is 1. The molecule has 0 aliphatic carbocycles. The number of benzene rings is 1. The van der Waals surface area contributed by atoms with Gasteiger partial charge >= 0.3 is 218 Å². The van der Waals surface area contributed by atoms with Crippen LogP contribution in [0, 0.1) is 11.6 Å². The zero-order valence-corrected chi connectivity index (χ0v) is 19.7. The second-order valence-corrected chi connectivity index (χ2v) is 7.33. The molecule has 2 heterocycles. The van der Waals surface area contributed by atoms with E-state index in [2.05, 4.69) is 28.3 Å². The van der Waals surface area contributed by atoms with Gasteiger partial charge in [-0.25, -0.2) is 0 Å². The normalized spacial score (nSPS) is 16.7. The molecule has 1 aliphatic rings. The van der Waals surface area contributed by atoms with Gasteiger partial charge in [0.2, 0.25) is 0 Å². The van der Waals surface area contributed by atoms with Gasteiger partial charge in [-0.15, -0.1) is 0 Å². The first-order valence-corrected chi connectivity index (χ1v) is 10.2. The maximum atomic E-state index is 13.2. The standard InChI is InChI=1S/C21H14N7O12/c1-5-21(36,4-30)16(40-17-9(26-2)13(34)10(31)6(3-29)38-17)18(37-5)39-15-8(28-20(24)25)11(32)7(27-19(22)23)12(33)14(15)35/h29H,1-3H2,(H7-,22,23,24,25,28,31,35)/p+1/t21-/m1/s1. The van der Waals surface area contributed by atoms with Gasteiger partial charge in [0.25, 0.3) is 0 Å². The Morgan fingerprint density at radius 1 is 1.10 bits per heavy atom. The topological polar surface area (TPSA) is 328 Å². The Bertz CT molecular complexity index is 1870. The summed E-state index contributed by atoms with van der Waals surface area (Å²) in [4.78, 5) is 60.4. The molecule has 0 amide bonds. The Labute approximate surface area is 218 Å². The first kappa shape index (κ1) is 28.7. The van der Waals surface area contributed by atoms with E-state index in [1.54, 1.807) is 0 Å². The van der Waals surface area contributed by atoms with Gasteiger partial charge in [-0.3, -0.25) is 0 Å². The molecule has 0 unspecified atom stereocenters. The first-order chi connectivity index (χ1) is 18.7. The quantitative estimate of drug-likeness (QED) is 0.0835. The van der Waals surface area contributed by atoms with Crippen molar-refractivity contribution in [2.45, 2.75) is 12.2 Å². The van der Waals surface area contributed by atoms with E-state index in [0.29, 0.717) is 0 Å². The molecule has 0 fully saturated rings. The number of nitrogens with two attached hydrogens (primary N) is 3. The van der Waals surface area contributed by atoms with Crippen LogP contribution in [0.5, 0.6) is 17.4 Å². The molecule has 40 heavy (non-hydrogen) atoms. The van der Waals surface area contributed by atoms with E-state index in [4.69, 9.17) is 41.2 Å². The molecule has 1 aliphatic heterocycles. The van der Waals surface area contributed by atoms with E-state index >= 15 is 0 Å². The molecule has 2 aromatic rings. The van der Waals surface area contributed by atoms with Gasteiger partial charge in [-0.05, 0) is 0 Å². The monoisotopic (exact) mass is 557 g/mol. The van der Waals surface area contributed by atoms with Crippen molar-refractivity contribution in [2.24, 2.45) is 32.2 Å². The van der Waals surface area contributed by atoms with E-state index < -0.39 is 103 Å². The predicted octanol–water partition coefficient (Wildman–Crippen LogP) is -3.45. The van der Waals surface area contributed by atoms with Gasteiger partial charge in [-0.2, -0.15) is 0 Å². The molecule has 1 aromatic carbocycles. The summed E-state index contributed by atoms with van der Waals surface area (Å²) in [6.07, 6.45) is 1.00. The SMILES string of the molecule is C=Nc1c(OC2=C(Oc3c(N=C(N)N)c(=O)c(=NC(=N)N)c(=O)c3=O)OC(=C)[C@]2([O])C#[O+])oc(CO)c(O)c1=O. The molecule has 19 nitrogen and oxygen atoms in total.